The number of likely N-dealkylation sites (N-methyl/N-ethyl adjacent to an activating group) is 1. The Balaban J connectivity index is 1.72. The van der Waals surface area contributed by atoms with Gasteiger partial charge < -0.3 is 10.2 Å². The molecule has 0 aliphatic carbocycles. The maximum absolute atomic E-state index is 12.9. The Morgan fingerprint density at radius 2 is 1.76 bits per heavy atom. The van der Waals surface area contributed by atoms with Gasteiger partial charge in [-0.1, -0.05) is 24.3 Å². The number of anilines is 1. The van der Waals surface area contributed by atoms with Crippen LogP contribution in [0.4, 0.5) is 5.00 Å². The van der Waals surface area contributed by atoms with Gasteiger partial charge in [-0.2, -0.15) is 0 Å². The molecule has 29 heavy (non-hydrogen) atoms. The number of nitrogens with zero attached hydrogens (tertiary/aromatic N) is 2. The molecule has 3 heterocycles. The van der Waals surface area contributed by atoms with Crippen LogP contribution < -0.4 is 5.32 Å². The summed E-state index contributed by atoms with van der Waals surface area (Å²) in [4.78, 5) is 20.4. The van der Waals surface area contributed by atoms with Gasteiger partial charge in [-0.05, 0) is 50.0 Å². The molecule has 1 aliphatic rings. The van der Waals surface area contributed by atoms with Gasteiger partial charge in [0.05, 0.1) is 6.04 Å². The van der Waals surface area contributed by atoms with Crippen molar-refractivity contribution in [2.24, 2.45) is 0 Å². The van der Waals surface area contributed by atoms with Crippen LogP contribution in [-0.4, -0.2) is 48.9 Å². The van der Waals surface area contributed by atoms with Gasteiger partial charge in [-0.15, -0.1) is 22.7 Å². The topological polar surface area (TPSA) is 35.6 Å². The first-order chi connectivity index (χ1) is 14.0. The maximum atomic E-state index is 12.9. The number of hydrogen-bond acceptors (Lipinski definition) is 5. The predicted molar refractivity (Wildman–Crippen MR) is 123 cm³/mol. The summed E-state index contributed by atoms with van der Waals surface area (Å²) < 4.78 is 0. The molecule has 152 valence electrons. The molecule has 1 atom stereocenters. The van der Waals surface area contributed by atoms with Crippen LogP contribution in [-0.2, 0) is 0 Å². The number of hydrogen-bond donors (Lipinski definition) is 1. The quantitative estimate of drug-likeness (QED) is 0.624. The largest absolute Gasteiger partial charge is 0.313 e. The van der Waals surface area contributed by atoms with E-state index in [4.69, 9.17) is 0 Å². The SMILES string of the molecule is Cc1sc(NC(=O)c2ccccc2)c(C(c2cccs2)N2CCN(C)CC2)c1C. The Morgan fingerprint density at radius 3 is 2.41 bits per heavy atom. The van der Waals surface area contributed by atoms with Crippen molar-refractivity contribution in [3.63, 3.8) is 0 Å². The molecule has 1 aliphatic heterocycles. The number of carbonyl (C=O) groups is 1. The first kappa shape index (κ1) is 20.3. The molecule has 4 rings (SSSR count). The normalized spacial score (nSPS) is 16.7. The fraction of sp³-hybridized carbons (Fsp3) is 0.348. The lowest BCUT2D eigenvalue weighted by atomic mass is 9.99. The predicted octanol–water partition coefficient (Wildman–Crippen LogP) is 5.02. The van der Waals surface area contributed by atoms with Gasteiger partial charge in [0.1, 0.15) is 5.00 Å². The van der Waals surface area contributed by atoms with Crippen LogP contribution in [0.3, 0.4) is 0 Å². The zero-order chi connectivity index (χ0) is 20.4. The van der Waals surface area contributed by atoms with Crippen LogP contribution >= 0.6 is 22.7 Å². The van der Waals surface area contributed by atoms with Crippen LogP contribution in [0.1, 0.15) is 37.3 Å². The van der Waals surface area contributed by atoms with Gasteiger partial charge in [0, 0.05) is 47.1 Å². The molecular weight excluding hydrogens is 398 g/mol. The number of benzene rings is 1. The summed E-state index contributed by atoms with van der Waals surface area (Å²) in [5.74, 6) is -0.0450. The van der Waals surface area contributed by atoms with Crippen molar-refractivity contribution in [2.45, 2.75) is 19.9 Å². The van der Waals surface area contributed by atoms with E-state index < -0.39 is 0 Å². The zero-order valence-electron chi connectivity index (χ0n) is 17.1. The number of carbonyl (C=O) groups excluding carboxylic acids is 1. The fourth-order valence-electron chi connectivity index (χ4n) is 3.86. The molecular formula is C23H27N3OS2. The average Bonchev–Trinajstić information content (AvgIpc) is 3.35. The van der Waals surface area contributed by atoms with Gasteiger partial charge in [-0.3, -0.25) is 9.69 Å². The molecule has 1 N–H and O–H groups in total. The Kier molecular flexibility index (Phi) is 6.15. The Bertz CT molecular complexity index is 958. The Labute approximate surface area is 180 Å². The number of nitrogens with one attached hydrogen (secondary N) is 1. The Hall–Kier alpha value is -1.99. The maximum Gasteiger partial charge on any atom is 0.256 e. The van der Waals surface area contributed by atoms with Crippen molar-refractivity contribution in [2.75, 3.05) is 38.5 Å². The minimum atomic E-state index is -0.0450. The summed E-state index contributed by atoms with van der Waals surface area (Å²) in [5.41, 5.74) is 3.23. The third-order valence-electron chi connectivity index (χ3n) is 5.68. The second-order valence-corrected chi connectivity index (χ2v) is 9.81. The van der Waals surface area contributed by atoms with E-state index in [0.717, 1.165) is 31.2 Å². The summed E-state index contributed by atoms with van der Waals surface area (Å²) in [6, 6.07) is 14.0. The lowest BCUT2D eigenvalue weighted by Gasteiger charge is -2.38. The number of amides is 1. The van der Waals surface area contributed by atoms with E-state index in [2.05, 4.69) is 53.5 Å². The minimum Gasteiger partial charge on any atom is -0.313 e. The molecule has 0 radical (unpaired) electrons. The molecule has 4 nitrogen and oxygen atoms in total. The molecule has 0 bridgehead atoms. The molecule has 1 amide bonds. The van der Waals surface area contributed by atoms with Crippen LogP contribution in [0, 0.1) is 13.8 Å². The number of piperazine rings is 1. The fourth-order valence-corrected chi connectivity index (χ4v) is 5.82. The summed E-state index contributed by atoms with van der Waals surface area (Å²) in [6.07, 6.45) is 0. The Morgan fingerprint density at radius 1 is 1.03 bits per heavy atom. The van der Waals surface area contributed by atoms with E-state index in [1.165, 1.54) is 20.9 Å². The van der Waals surface area contributed by atoms with Crippen molar-refractivity contribution in [1.82, 2.24) is 9.80 Å². The lowest BCUT2D eigenvalue weighted by molar-refractivity contribution is 0.102. The van der Waals surface area contributed by atoms with Crippen molar-refractivity contribution < 1.29 is 4.79 Å². The molecule has 1 unspecified atom stereocenters. The summed E-state index contributed by atoms with van der Waals surface area (Å²) in [5, 5.41) is 6.35. The third kappa shape index (κ3) is 4.31. The summed E-state index contributed by atoms with van der Waals surface area (Å²) >= 11 is 3.49. The van der Waals surface area contributed by atoms with Gasteiger partial charge in [0.15, 0.2) is 0 Å². The van der Waals surface area contributed by atoms with E-state index in [1.54, 1.807) is 22.7 Å². The molecule has 3 aromatic rings. The molecule has 2 aromatic heterocycles. The second kappa shape index (κ2) is 8.79. The van der Waals surface area contributed by atoms with Crippen LogP contribution in [0.15, 0.2) is 47.8 Å². The minimum absolute atomic E-state index is 0.0450. The van der Waals surface area contributed by atoms with Crippen molar-refractivity contribution in [3.8, 4) is 0 Å². The van der Waals surface area contributed by atoms with Crippen molar-refractivity contribution in [1.29, 1.82) is 0 Å². The standard InChI is InChI=1S/C23H27N3OS2/c1-16-17(2)29-23(24-22(27)18-8-5-4-6-9-18)20(16)21(19-10-7-15-28-19)26-13-11-25(3)12-14-26/h4-10,15,21H,11-14H2,1-3H3,(H,24,27). The molecule has 0 saturated carbocycles. The van der Waals surface area contributed by atoms with Crippen LogP contribution in [0.25, 0.3) is 0 Å². The van der Waals surface area contributed by atoms with Crippen molar-refractivity contribution >= 4 is 33.6 Å². The smallest absolute Gasteiger partial charge is 0.256 e. The second-order valence-electron chi connectivity index (χ2n) is 7.60. The van der Waals surface area contributed by atoms with Gasteiger partial charge >= 0.3 is 0 Å². The number of thiophene rings is 2. The number of aryl methyl sites for hydroxylation is 1. The monoisotopic (exact) mass is 425 g/mol. The van der Waals surface area contributed by atoms with E-state index in [9.17, 15) is 4.79 Å². The first-order valence-electron chi connectivity index (χ1n) is 9.97. The first-order valence-corrected chi connectivity index (χ1v) is 11.7. The van der Waals surface area contributed by atoms with Gasteiger partial charge in [-0.25, -0.2) is 0 Å². The van der Waals surface area contributed by atoms with E-state index in [0.29, 0.717) is 5.56 Å². The third-order valence-corrected chi connectivity index (χ3v) is 7.75. The molecule has 6 heteroatoms. The van der Waals surface area contributed by atoms with Crippen LogP contribution in [0.5, 0.6) is 0 Å². The highest BCUT2D eigenvalue weighted by atomic mass is 32.1. The van der Waals surface area contributed by atoms with Crippen molar-refractivity contribution in [3.05, 3.63) is 74.3 Å². The number of rotatable bonds is 5. The van der Waals surface area contributed by atoms with E-state index >= 15 is 0 Å². The lowest BCUT2D eigenvalue weighted by Crippen LogP contribution is -2.46. The molecule has 1 saturated heterocycles. The van der Waals surface area contributed by atoms with Gasteiger partial charge in [0.2, 0.25) is 0 Å². The highest BCUT2D eigenvalue weighted by Gasteiger charge is 2.31. The molecule has 1 fully saturated rings. The molecule has 0 spiro atoms. The summed E-state index contributed by atoms with van der Waals surface area (Å²) in [7, 11) is 2.18. The average molecular weight is 426 g/mol. The molecule has 1 aromatic carbocycles. The van der Waals surface area contributed by atoms with Gasteiger partial charge in [0.25, 0.3) is 5.91 Å². The van der Waals surface area contributed by atoms with Crippen LogP contribution in [0.2, 0.25) is 0 Å². The van der Waals surface area contributed by atoms with E-state index in [1.807, 2.05) is 30.3 Å². The zero-order valence-corrected chi connectivity index (χ0v) is 18.8. The van der Waals surface area contributed by atoms with E-state index in [-0.39, 0.29) is 11.9 Å². The highest BCUT2D eigenvalue weighted by molar-refractivity contribution is 7.16. The summed E-state index contributed by atoms with van der Waals surface area (Å²) in [6.45, 7) is 8.53. The highest BCUT2D eigenvalue weighted by Crippen LogP contribution is 2.43.